The monoisotopic (exact) mass is 317 g/mol. The number of rotatable bonds is 5. The van der Waals surface area contributed by atoms with Crippen LogP contribution in [0.25, 0.3) is 0 Å². The van der Waals surface area contributed by atoms with Crippen molar-refractivity contribution in [3.63, 3.8) is 0 Å². The normalized spacial score (nSPS) is 29.1. The second-order valence-corrected chi connectivity index (χ2v) is 7.72. The van der Waals surface area contributed by atoms with E-state index in [1.807, 2.05) is 0 Å². The van der Waals surface area contributed by atoms with Crippen molar-refractivity contribution in [1.82, 2.24) is 0 Å². The van der Waals surface area contributed by atoms with Gasteiger partial charge in [-0.05, 0) is 17.7 Å². The largest absolute Gasteiger partial charge is 0.393 e. The highest BCUT2D eigenvalue weighted by Crippen LogP contribution is 2.63. The molecule has 3 atom stereocenters. The van der Waals surface area contributed by atoms with Crippen LogP contribution in [0.2, 0.25) is 0 Å². The van der Waals surface area contributed by atoms with Crippen molar-refractivity contribution in [2.24, 2.45) is 11.1 Å². The summed E-state index contributed by atoms with van der Waals surface area (Å²) < 4.78 is 42.1. The first kappa shape index (κ1) is 15.3. The van der Waals surface area contributed by atoms with E-state index in [2.05, 4.69) is 0 Å². The number of ether oxygens (including phenoxy) is 1. The van der Waals surface area contributed by atoms with Crippen LogP contribution in [0.5, 0.6) is 0 Å². The van der Waals surface area contributed by atoms with E-state index in [9.17, 15) is 12.8 Å². The summed E-state index contributed by atoms with van der Waals surface area (Å²) in [5.74, 6) is -0.770. The number of sulfone groups is 1. The lowest BCUT2D eigenvalue weighted by molar-refractivity contribution is 0.166. The van der Waals surface area contributed by atoms with Crippen LogP contribution in [0.15, 0.2) is 24.3 Å². The van der Waals surface area contributed by atoms with Crippen LogP contribution in [-0.2, 0) is 14.6 Å². The Bertz CT molecular complexity index is 630. The number of methoxy groups -OCH3 is 1. The molecule has 110 valence electrons. The Morgan fingerprint density at radius 3 is 2.40 bits per heavy atom. The predicted molar refractivity (Wildman–Crippen MR) is 78.9 cm³/mol. The summed E-state index contributed by atoms with van der Waals surface area (Å²) in [5.41, 5.74) is 5.57. The second-order valence-electron chi connectivity index (χ2n) is 5.12. The molecule has 0 unspecified atom stereocenters. The van der Waals surface area contributed by atoms with Crippen molar-refractivity contribution in [3.05, 3.63) is 35.6 Å². The third-order valence-corrected chi connectivity index (χ3v) is 5.78. The molecule has 1 aliphatic rings. The van der Waals surface area contributed by atoms with E-state index >= 15 is 0 Å². The predicted octanol–water partition coefficient (Wildman–Crippen LogP) is 1.26. The Balaban J connectivity index is 2.49. The molecule has 0 saturated heterocycles. The van der Waals surface area contributed by atoms with Crippen LogP contribution in [-0.4, -0.2) is 38.6 Å². The molecule has 20 heavy (non-hydrogen) atoms. The fourth-order valence-electron chi connectivity index (χ4n) is 2.95. The van der Waals surface area contributed by atoms with Crippen molar-refractivity contribution in [2.75, 3.05) is 20.0 Å². The molecule has 0 heterocycles. The van der Waals surface area contributed by atoms with Crippen LogP contribution in [0.1, 0.15) is 11.5 Å². The number of hydrogen-bond donors (Lipinski definition) is 1. The van der Waals surface area contributed by atoms with E-state index < -0.39 is 26.4 Å². The molecule has 2 N–H and O–H groups in total. The SMILES string of the molecule is COC[C@]1(C(N)=S)[C@H](c2ccc(F)cc2)[C@@H]1S(C)(=O)=O. The fourth-order valence-corrected chi connectivity index (χ4v) is 5.26. The molecule has 0 spiro atoms. The quantitative estimate of drug-likeness (QED) is 0.828. The molecule has 1 aromatic rings. The first-order valence-electron chi connectivity index (χ1n) is 5.98. The van der Waals surface area contributed by atoms with Crippen molar-refractivity contribution >= 4 is 27.0 Å². The number of nitrogens with two attached hydrogens (primary N) is 1. The van der Waals surface area contributed by atoms with Gasteiger partial charge in [-0.2, -0.15) is 0 Å². The summed E-state index contributed by atoms with van der Waals surface area (Å²) in [6, 6.07) is 5.72. The Morgan fingerprint density at radius 2 is 2.00 bits per heavy atom. The van der Waals surface area contributed by atoms with Gasteiger partial charge in [0, 0.05) is 19.3 Å². The highest BCUT2D eigenvalue weighted by atomic mass is 32.2. The number of thiocarbonyl (C=S) groups is 1. The van der Waals surface area contributed by atoms with Gasteiger partial charge in [-0.15, -0.1) is 0 Å². The summed E-state index contributed by atoms with van der Waals surface area (Å²) in [7, 11) is -1.88. The van der Waals surface area contributed by atoms with E-state index in [1.165, 1.54) is 19.2 Å². The fraction of sp³-hybridized carbons (Fsp3) is 0.462. The van der Waals surface area contributed by atoms with Gasteiger partial charge in [0.2, 0.25) is 0 Å². The lowest BCUT2D eigenvalue weighted by atomic mass is 10.00. The topological polar surface area (TPSA) is 69.4 Å². The van der Waals surface area contributed by atoms with Gasteiger partial charge in [-0.3, -0.25) is 0 Å². The Morgan fingerprint density at radius 1 is 1.45 bits per heavy atom. The van der Waals surface area contributed by atoms with Crippen LogP contribution < -0.4 is 5.73 Å². The van der Waals surface area contributed by atoms with E-state index in [1.54, 1.807) is 12.1 Å². The first-order valence-corrected chi connectivity index (χ1v) is 8.34. The van der Waals surface area contributed by atoms with Crippen LogP contribution in [0.4, 0.5) is 4.39 Å². The average Bonchev–Trinajstić information content (AvgIpc) is 3.01. The maximum absolute atomic E-state index is 13.0. The van der Waals surface area contributed by atoms with Crippen LogP contribution in [0.3, 0.4) is 0 Å². The minimum atomic E-state index is -3.35. The molecular formula is C13H16FNO3S2. The third kappa shape index (κ3) is 2.34. The molecule has 0 radical (unpaired) electrons. The molecule has 1 saturated carbocycles. The van der Waals surface area contributed by atoms with Gasteiger partial charge >= 0.3 is 0 Å². The summed E-state index contributed by atoms with van der Waals surface area (Å²) >= 11 is 5.07. The Hall–Kier alpha value is -1.05. The van der Waals surface area contributed by atoms with Gasteiger partial charge in [0.05, 0.1) is 22.3 Å². The van der Waals surface area contributed by atoms with Crippen LogP contribution >= 0.6 is 12.2 Å². The zero-order valence-electron chi connectivity index (χ0n) is 11.2. The zero-order chi connectivity index (χ0) is 15.1. The number of benzene rings is 1. The smallest absolute Gasteiger partial charge is 0.152 e. The summed E-state index contributed by atoms with van der Waals surface area (Å²) in [6.45, 7) is 0.127. The maximum Gasteiger partial charge on any atom is 0.152 e. The van der Waals surface area contributed by atoms with Crippen LogP contribution in [0, 0.1) is 11.2 Å². The lowest BCUT2D eigenvalue weighted by Gasteiger charge is -2.15. The number of halogens is 1. The molecule has 4 nitrogen and oxygen atoms in total. The molecular weight excluding hydrogens is 301 g/mol. The maximum atomic E-state index is 13.0. The molecule has 0 amide bonds. The third-order valence-electron chi connectivity index (χ3n) is 3.79. The zero-order valence-corrected chi connectivity index (χ0v) is 12.8. The average molecular weight is 317 g/mol. The van der Waals surface area contributed by atoms with Gasteiger partial charge in [0.15, 0.2) is 9.84 Å². The van der Waals surface area contributed by atoms with Gasteiger partial charge in [0.25, 0.3) is 0 Å². The number of hydrogen-bond acceptors (Lipinski definition) is 4. The van der Waals surface area contributed by atoms with E-state index in [-0.39, 0.29) is 17.4 Å². The van der Waals surface area contributed by atoms with Gasteiger partial charge in [0.1, 0.15) is 5.82 Å². The van der Waals surface area contributed by atoms with Gasteiger partial charge in [-0.1, -0.05) is 24.4 Å². The lowest BCUT2D eigenvalue weighted by Crippen LogP contribution is -2.32. The van der Waals surface area contributed by atoms with Gasteiger partial charge < -0.3 is 10.5 Å². The van der Waals surface area contributed by atoms with E-state index in [4.69, 9.17) is 22.7 Å². The molecule has 1 aliphatic carbocycles. The molecule has 0 bridgehead atoms. The van der Waals surface area contributed by atoms with Crippen molar-refractivity contribution in [2.45, 2.75) is 11.2 Å². The van der Waals surface area contributed by atoms with E-state index in [0.717, 1.165) is 6.26 Å². The first-order chi connectivity index (χ1) is 9.25. The van der Waals surface area contributed by atoms with E-state index in [0.29, 0.717) is 5.56 Å². The van der Waals surface area contributed by atoms with Gasteiger partial charge in [-0.25, -0.2) is 12.8 Å². The Kier molecular flexibility index (Phi) is 3.88. The summed E-state index contributed by atoms with van der Waals surface area (Å²) in [5, 5.41) is -0.724. The van der Waals surface area contributed by atoms with Crippen molar-refractivity contribution in [1.29, 1.82) is 0 Å². The standard InChI is InChI=1S/C13H16FNO3S2/c1-18-7-13(12(15)19)10(11(13)20(2,16)17)8-3-5-9(14)6-4-8/h3-6,10-11H,7H2,1-2H3,(H2,15,19)/t10-,11+,13+/m1/s1. The van der Waals surface area contributed by atoms with Crippen molar-refractivity contribution in [3.8, 4) is 0 Å². The highest BCUT2D eigenvalue weighted by Gasteiger charge is 2.71. The second kappa shape index (κ2) is 5.05. The summed E-state index contributed by atoms with van der Waals surface area (Å²) in [4.78, 5) is 0.115. The molecule has 2 rings (SSSR count). The molecule has 1 aromatic carbocycles. The van der Waals surface area contributed by atoms with Crippen molar-refractivity contribution < 1.29 is 17.5 Å². The molecule has 0 aromatic heterocycles. The minimum absolute atomic E-state index is 0.115. The molecule has 1 fully saturated rings. The summed E-state index contributed by atoms with van der Waals surface area (Å²) in [6.07, 6.45) is 1.16. The molecule has 7 heteroatoms. The highest BCUT2D eigenvalue weighted by molar-refractivity contribution is 7.92. The Labute approximate surface area is 123 Å². The minimum Gasteiger partial charge on any atom is -0.393 e. The molecule has 0 aliphatic heterocycles.